The third-order valence-electron chi connectivity index (χ3n) is 2.95. The molecule has 1 aromatic carbocycles. The molecule has 0 spiro atoms. The van der Waals surface area contributed by atoms with E-state index in [2.05, 4.69) is 4.98 Å². The molecule has 2 aromatic rings. The molecule has 2 rings (SSSR count). The first kappa shape index (κ1) is 13.0. The molecule has 0 fully saturated rings. The maximum Gasteiger partial charge on any atom is 0.338 e. The zero-order valence-corrected chi connectivity index (χ0v) is 11.7. The zero-order valence-electron chi connectivity index (χ0n) is 10.9. The number of benzene rings is 1. The van der Waals surface area contributed by atoms with Crippen molar-refractivity contribution in [1.82, 2.24) is 4.98 Å². The van der Waals surface area contributed by atoms with Crippen molar-refractivity contribution >= 4 is 28.5 Å². The van der Waals surface area contributed by atoms with Gasteiger partial charge in [-0.3, -0.25) is 0 Å². The number of esters is 1. The zero-order chi connectivity index (χ0) is 13.4. The molecule has 0 atom stereocenters. The molecule has 0 bridgehead atoms. The Morgan fingerprint density at radius 1 is 1.33 bits per heavy atom. The molecular formula is C14H16ClNO2. The lowest BCUT2D eigenvalue weighted by atomic mass is 10.1. The number of carbonyl (C=O) groups excluding carboxylic acids is 1. The van der Waals surface area contributed by atoms with E-state index in [4.69, 9.17) is 16.3 Å². The Bertz CT molecular complexity index is 614. The molecule has 4 heteroatoms. The second-order valence-corrected chi connectivity index (χ2v) is 5.12. The van der Waals surface area contributed by atoms with E-state index in [1.165, 1.54) is 0 Å². The number of aromatic amines is 1. The highest BCUT2D eigenvalue weighted by Crippen LogP contribution is 2.29. The molecule has 1 aromatic heterocycles. The van der Waals surface area contributed by atoms with Gasteiger partial charge in [-0.05, 0) is 45.4 Å². The number of nitrogens with one attached hydrogen (secondary N) is 1. The van der Waals surface area contributed by atoms with Gasteiger partial charge in [0.2, 0.25) is 0 Å². The summed E-state index contributed by atoms with van der Waals surface area (Å²) in [4.78, 5) is 15.1. The molecule has 96 valence electrons. The lowest BCUT2D eigenvalue weighted by Gasteiger charge is -2.08. The number of fused-ring (bicyclic) bond motifs is 1. The van der Waals surface area contributed by atoms with Crippen LogP contribution in [0.25, 0.3) is 10.9 Å². The van der Waals surface area contributed by atoms with Crippen LogP contribution in [0.3, 0.4) is 0 Å². The first-order valence-corrected chi connectivity index (χ1v) is 6.27. The highest BCUT2D eigenvalue weighted by molar-refractivity contribution is 6.35. The Morgan fingerprint density at radius 2 is 2.00 bits per heavy atom. The summed E-state index contributed by atoms with van der Waals surface area (Å²) >= 11 is 6.19. The number of hydrogen-bond acceptors (Lipinski definition) is 2. The van der Waals surface area contributed by atoms with Gasteiger partial charge in [-0.25, -0.2) is 4.79 Å². The molecule has 3 nitrogen and oxygen atoms in total. The van der Waals surface area contributed by atoms with E-state index in [-0.39, 0.29) is 12.1 Å². The molecule has 0 saturated heterocycles. The Morgan fingerprint density at radius 3 is 2.61 bits per heavy atom. The maximum absolute atomic E-state index is 11.9. The number of aromatic nitrogens is 1. The Labute approximate surface area is 111 Å². The van der Waals surface area contributed by atoms with E-state index in [9.17, 15) is 4.79 Å². The average molecular weight is 266 g/mol. The summed E-state index contributed by atoms with van der Waals surface area (Å²) in [5.74, 6) is -0.341. The van der Waals surface area contributed by atoms with Crippen LogP contribution in [0.1, 0.15) is 35.5 Å². The molecular weight excluding hydrogens is 250 g/mol. The summed E-state index contributed by atoms with van der Waals surface area (Å²) in [6.45, 7) is 7.63. The van der Waals surface area contributed by atoms with Gasteiger partial charge in [0.05, 0.1) is 22.2 Å². The van der Waals surface area contributed by atoms with Gasteiger partial charge in [0.1, 0.15) is 0 Å². The van der Waals surface area contributed by atoms with Crippen molar-refractivity contribution in [2.45, 2.75) is 33.8 Å². The Balaban J connectivity index is 2.54. The minimum absolute atomic E-state index is 0.138. The number of rotatable bonds is 2. The van der Waals surface area contributed by atoms with Gasteiger partial charge in [0.25, 0.3) is 0 Å². The quantitative estimate of drug-likeness (QED) is 0.834. The molecule has 1 N–H and O–H groups in total. The van der Waals surface area contributed by atoms with Gasteiger partial charge >= 0.3 is 5.97 Å². The fourth-order valence-corrected chi connectivity index (χ4v) is 2.18. The number of H-pyrrole nitrogens is 1. The van der Waals surface area contributed by atoms with Crippen molar-refractivity contribution in [2.75, 3.05) is 0 Å². The lowest BCUT2D eigenvalue weighted by Crippen LogP contribution is -2.11. The van der Waals surface area contributed by atoms with Crippen LogP contribution in [0.15, 0.2) is 12.1 Å². The van der Waals surface area contributed by atoms with Crippen molar-refractivity contribution in [2.24, 2.45) is 0 Å². The first-order chi connectivity index (χ1) is 8.40. The maximum atomic E-state index is 11.9. The highest BCUT2D eigenvalue weighted by atomic mass is 35.5. The topological polar surface area (TPSA) is 42.1 Å². The number of carbonyl (C=O) groups is 1. The van der Waals surface area contributed by atoms with Crippen LogP contribution < -0.4 is 0 Å². The highest BCUT2D eigenvalue weighted by Gasteiger charge is 2.15. The number of ether oxygens (including phenoxy) is 1. The summed E-state index contributed by atoms with van der Waals surface area (Å²) < 4.78 is 5.18. The van der Waals surface area contributed by atoms with E-state index in [1.54, 1.807) is 6.07 Å². The standard InChI is InChI=1S/C14H16ClNO2/c1-7(2)18-14(17)10-5-11-8(3)9(4)16-13(11)12(15)6-10/h5-7,16H,1-4H3. The summed E-state index contributed by atoms with van der Waals surface area (Å²) in [5.41, 5.74) is 3.52. The predicted octanol–water partition coefficient (Wildman–Crippen LogP) is 4.00. The molecule has 0 saturated carbocycles. The van der Waals surface area contributed by atoms with Crippen molar-refractivity contribution in [3.63, 3.8) is 0 Å². The van der Waals surface area contributed by atoms with Crippen molar-refractivity contribution in [3.8, 4) is 0 Å². The summed E-state index contributed by atoms with van der Waals surface area (Å²) in [6, 6.07) is 3.47. The van der Waals surface area contributed by atoms with Crippen LogP contribution >= 0.6 is 11.6 Å². The fraction of sp³-hybridized carbons (Fsp3) is 0.357. The van der Waals surface area contributed by atoms with Crippen LogP contribution in [0, 0.1) is 13.8 Å². The van der Waals surface area contributed by atoms with Crippen molar-refractivity contribution in [3.05, 3.63) is 34.0 Å². The largest absolute Gasteiger partial charge is 0.459 e. The van der Waals surface area contributed by atoms with Gasteiger partial charge in [-0.1, -0.05) is 11.6 Å². The van der Waals surface area contributed by atoms with Gasteiger partial charge in [0, 0.05) is 11.1 Å². The van der Waals surface area contributed by atoms with Crippen LogP contribution in [-0.4, -0.2) is 17.1 Å². The number of aryl methyl sites for hydroxylation is 2. The SMILES string of the molecule is Cc1[nH]c2c(Cl)cc(C(=O)OC(C)C)cc2c1C. The molecule has 0 aliphatic heterocycles. The molecule has 0 amide bonds. The minimum atomic E-state index is -0.341. The average Bonchev–Trinajstić information content (AvgIpc) is 2.56. The van der Waals surface area contributed by atoms with Crippen molar-refractivity contribution < 1.29 is 9.53 Å². The predicted molar refractivity (Wildman–Crippen MR) is 73.3 cm³/mol. The van der Waals surface area contributed by atoms with E-state index in [0.717, 1.165) is 22.2 Å². The smallest absolute Gasteiger partial charge is 0.338 e. The normalized spacial score (nSPS) is 11.2. The van der Waals surface area contributed by atoms with Gasteiger partial charge in [-0.2, -0.15) is 0 Å². The molecule has 1 heterocycles. The monoisotopic (exact) mass is 265 g/mol. The van der Waals surface area contributed by atoms with Crippen molar-refractivity contribution in [1.29, 1.82) is 0 Å². The Kier molecular flexibility index (Phi) is 3.35. The van der Waals surface area contributed by atoms with Crippen LogP contribution in [-0.2, 0) is 4.74 Å². The number of halogens is 1. The van der Waals surface area contributed by atoms with E-state index < -0.39 is 0 Å². The summed E-state index contributed by atoms with van der Waals surface area (Å²) in [7, 11) is 0. The second-order valence-electron chi connectivity index (χ2n) is 4.71. The molecule has 0 unspecified atom stereocenters. The van der Waals surface area contributed by atoms with Crippen LogP contribution in [0.2, 0.25) is 5.02 Å². The van der Waals surface area contributed by atoms with Crippen LogP contribution in [0.5, 0.6) is 0 Å². The van der Waals surface area contributed by atoms with E-state index >= 15 is 0 Å². The van der Waals surface area contributed by atoms with Gasteiger partial charge in [-0.15, -0.1) is 0 Å². The third-order valence-corrected chi connectivity index (χ3v) is 3.25. The molecule has 0 aliphatic carbocycles. The minimum Gasteiger partial charge on any atom is -0.459 e. The third kappa shape index (κ3) is 2.23. The lowest BCUT2D eigenvalue weighted by molar-refractivity contribution is 0.0378. The summed E-state index contributed by atoms with van der Waals surface area (Å²) in [6.07, 6.45) is -0.138. The molecule has 18 heavy (non-hydrogen) atoms. The molecule has 0 radical (unpaired) electrons. The molecule has 0 aliphatic rings. The first-order valence-electron chi connectivity index (χ1n) is 5.89. The Hall–Kier alpha value is -1.48. The van der Waals surface area contributed by atoms with Gasteiger partial charge < -0.3 is 9.72 Å². The summed E-state index contributed by atoms with van der Waals surface area (Å²) in [5, 5.41) is 1.51. The fourth-order valence-electron chi connectivity index (χ4n) is 1.91. The van der Waals surface area contributed by atoms with E-state index in [1.807, 2.05) is 33.8 Å². The van der Waals surface area contributed by atoms with Gasteiger partial charge in [0.15, 0.2) is 0 Å². The van der Waals surface area contributed by atoms with Crippen LogP contribution in [0.4, 0.5) is 0 Å². The second kappa shape index (κ2) is 4.65. The number of hydrogen-bond donors (Lipinski definition) is 1. The van der Waals surface area contributed by atoms with E-state index in [0.29, 0.717) is 10.6 Å².